The Morgan fingerprint density at radius 1 is 1.16 bits per heavy atom. The molecule has 3 N–H and O–H groups in total. The largest absolute Gasteiger partial charge is 0.481 e. The molecular weight excluding hydrogens is 324 g/mol. The molecule has 6 nitrogen and oxygen atoms in total. The van der Waals surface area contributed by atoms with Gasteiger partial charge in [-0.3, -0.25) is 14.4 Å². The van der Waals surface area contributed by atoms with E-state index in [1.807, 2.05) is 6.92 Å². The van der Waals surface area contributed by atoms with E-state index in [0.29, 0.717) is 38.5 Å². The van der Waals surface area contributed by atoms with Crippen molar-refractivity contribution in [3.05, 3.63) is 0 Å². The zero-order chi connectivity index (χ0) is 18.3. The quantitative estimate of drug-likeness (QED) is 0.695. The topological polar surface area (TPSA) is 112 Å². The molecule has 0 radical (unpaired) electrons. The molecule has 138 valence electrons. The summed E-state index contributed by atoms with van der Waals surface area (Å²) in [6.07, 6.45) is 2.70. The maximum atomic E-state index is 13.0. The summed E-state index contributed by atoms with van der Waals surface area (Å²) in [6, 6.07) is 0. The fourth-order valence-electron chi connectivity index (χ4n) is 7.19. The van der Waals surface area contributed by atoms with Gasteiger partial charge >= 0.3 is 5.97 Å². The average molecular weight is 350 g/mol. The van der Waals surface area contributed by atoms with Crippen LogP contribution in [0.15, 0.2) is 0 Å². The number of Topliss-reactive ketones (excluding diaryl/α,β-unsaturated/α-hetero) is 2. The smallest absolute Gasteiger partial charge is 0.312 e. The van der Waals surface area contributed by atoms with Gasteiger partial charge in [-0.05, 0) is 50.9 Å². The molecule has 0 aromatic carbocycles. The van der Waals surface area contributed by atoms with Crippen LogP contribution in [0.5, 0.6) is 0 Å². The van der Waals surface area contributed by atoms with Crippen LogP contribution in [0.25, 0.3) is 0 Å². The van der Waals surface area contributed by atoms with Crippen LogP contribution in [0.2, 0.25) is 0 Å². The molecule has 25 heavy (non-hydrogen) atoms. The van der Waals surface area contributed by atoms with Gasteiger partial charge in [0.25, 0.3) is 0 Å². The summed E-state index contributed by atoms with van der Waals surface area (Å²) in [7, 11) is 0. The lowest BCUT2D eigenvalue weighted by Gasteiger charge is -2.60. The standard InChI is InChI=1S/C19H26O6/c1-2-16-8-4-11-14(19(16,25)9-5-13(16)21)12(20)10-17(24)6-3-7-18(11,17)15(22)23/h11,14,24-25H,2-10H2,1H3,(H,22,23)/t11-,14-,16-,17+,18+,19+/m0/s1. The zero-order valence-corrected chi connectivity index (χ0v) is 14.6. The summed E-state index contributed by atoms with van der Waals surface area (Å²) < 4.78 is 0. The van der Waals surface area contributed by atoms with Crippen molar-refractivity contribution in [1.29, 1.82) is 0 Å². The first-order valence-electron chi connectivity index (χ1n) is 9.43. The molecule has 4 saturated carbocycles. The molecule has 0 aromatic heterocycles. The Morgan fingerprint density at radius 3 is 2.52 bits per heavy atom. The minimum Gasteiger partial charge on any atom is -0.481 e. The van der Waals surface area contributed by atoms with E-state index in [9.17, 15) is 29.7 Å². The van der Waals surface area contributed by atoms with Crippen LogP contribution < -0.4 is 0 Å². The van der Waals surface area contributed by atoms with Gasteiger partial charge in [0.2, 0.25) is 0 Å². The highest BCUT2D eigenvalue weighted by Crippen LogP contribution is 2.68. The van der Waals surface area contributed by atoms with Crippen LogP contribution in [0.3, 0.4) is 0 Å². The van der Waals surface area contributed by atoms with Gasteiger partial charge in [-0.1, -0.05) is 6.92 Å². The van der Waals surface area contributed by atoms with Gasteiger partial charge in [-0.2, -0.15) is 0 Å². The molecular formula is C19H26O6. The number of ketones is 2. The number of fused-ring (bicyclic) bond motifs is 5. The lowest BCUT2D eigenvalue weighted by atomic mass is 9.44. The number of carboxylic acids is 1. The molecule has 4 aliphatic rings. The predicted octanol–water partition coefficient (Wildman–Crippen LogP) is 1.46. The summed E-state index contributed by atoms with van der Waals surface area (Å²) in [4.78, 5) is 38.0. The Hall–Kier alpha value is -1.27. The Morgan fingerprint density at radius 2 is 1.88 bits per heavy atom. The average Bonchev–Trinajstić information content (AvgIpc) is 3.02. The van der Waals surface area contributed by atoms with Crippen molar-refractivity contribution in [1.82, 2.24) is 0 Å². The van der Waals surface area contributed by atoms with Crippen molar-refractivity contribution < 1.29 is 29.7 Å². The molecule has 0 bridgehead atoms. The predicted molar refractivity (Wildman–Crippen MR) is 86.6 cm³/mol. The minimum atomic E-state index is -1.53. The second-order valence-electron chi connectivity index (χ2n) is 8.71. The Kier molecular flexibility index (Phi) is 3.37. The highest BCUT2D eigenvalue weighted by molar-refractivity contribution is 5.95. The van der Waals surface area contributed by atoms with Crippen molar-refractivity contribution in [2.75, 3.05) is 0 Å². The molecule has 0 heterocycles. The van der Waals surface area contributed by atoms with E-state index in [-0.39, 0.29) is 30.8 Å². The van der Waals surface area contributed by atoms with Crippen LogP contribution >= 0.6 is 0 Å². The fraction of sp³-hybridized carbons (Fsp3) is 0.842. The molecule has 0 unspecified atom stereocenters. The summed E-state index contributed by atoms with van der Waals surface area (Å²) in [5.74, 6) is -2.79. The van der Waals surface area contributed by atoms with Crippen molar-refractivity contribution >= 4 is 17.5 Å². The summed E-state index contributed by atoms with van der Waals surface area (Å²) in [6.45, 7) is 1.86. The van der Waals surface area contributed by atoms with Gasteiger partial charge in [-0.25, -0.2) is 0 Å². The molecule has 4 fully saturated rings. The molecule has 0 spiro atoms. The van der Waals surface area contributed by atoms with Crippen LogP contribution in [0.4, 0.5) is 0 Å². The SMILES string of the molecule is CC[C@@]12CC[C@H]3[C@@H](C(=O)C[C@]4(O)CCC[C@]34C(=O)O)[C@]1(O)CCC2=O. The van der Waals surface area contributed by atoms with Crippen LogP contribution in [0, 0.1) is 22.7 Å². The molecule has 0 aromatic rings. The first-order valence-corrected chi connectivity index (χ1v) is 9.43. The van der Waals surface area contributed by atoms with E-state index in [2.05, 4.69) is 0 Å². The highest BCUT2D eigenvalue weighted by Gasteiger charge is 2.76. The van der Waals surface area contributed by atoms with Gasteiger partial charge in [0, 0.05) is 12.8 Å². The summed E-state index contributed by atoms with van der Waals surface area (Å²) >= 11 is 0. The van der Waals surface area contributed by atoms with E-state index in [0.717, 1.165) is 0 Å². The molecule has 0 aliphatic heterocycles. The van der Waals surface area contributed by atoms with Gasteiger partial charge in [0.05, 0.1) is 22.5 Å². The molecule has 4 aliphatic carbocycles. The molecule has 0 saturated heterocycles. The first kappa shape index (κ1) is 17.2. The first-order chi connectivity index (χ1) is 11.7. The number of aliphatic hydroxyl groups is 2. The maximum Gasteiger partial charge on any atom is 0.312 e. The van der Waals surface area contributed by atoms with E-state index in [1.54, 1.807) is 0 Å². The number of hydrogen-bond donors (Lipinski definition) is 3. The van der Waals surface area contributed by atoms with Crippen molar-refractivity contribution in [3.8, 4) is 0 Å². The summed E-state index contributed by atoms with van der Waals surface area (Å²) in [5.41, 5.74) is -5.31. The Bertz CT molecular complexity index is 673. The Balaban J connectivity index is 1.88. The maximum absolute atomic E-state index is 13.0. The Labute approximate surface area is 146 Å². The monoisotopic (exact) mass is 350 g/mol. The van der Waals surface area contributed by atoms with Crippen molar-refractivity contribution in [2.24, 2.45) is 22.7 Å². The number of hydrogen-bond acceptors (Lipinski definition) is 5. The lowest BCUT2D eigenvalue weighted by Crippen LogP contribution is -2.70. The van der Waals surface area contributed by atoms with Crippen LogP contribution in [-0.2, 0) is 14.4 Å². The van der Waals surface area contributed by atoms with Crippen LogP contribution in [0.1, 0.15) is 64.7 Å². The molecule has 6 heteroatoms. The van der Waals surface area contributed by atoms with E-state index in [1.165, 1.54) is 0 Å². The van der Waals surface area contributed by atoms with Gasteiger partial charge in [-0.15, -0.1) is 0 Å². The van der Waals surface area contributed by atoms with Crippen LogP contribution in [-0.4, -0.2) is 44.1 Å². The number of carbonyl (C=O) groups is 3. The lowest BCUT2D eigenvalue weighted by molar-refractivity contribution is -0.226. The normalized spacial score (nSPS) is 51.8. The summed E-state index contributed by atoms with van der Waals surface area (Å²) in [5, 5.41) is 32.7. The van der Waals surface area contributed by atoms with Crippen molar-refractivity contribution in [3.63, 3.8) is 0 Å². The molecule has 4 rings (SSSR count). The number of carbonyl (C=O) groups excluding carboxylic acids is 2. The second kappa shape index (κ2) is 4.92. The number of aliphatic carboxylic acids is 1. The van der Waals surface area contributed by atoms with E-state index >= 15 is 0 Å². The molecule has 0 amide bonds. The highest BCUT2D eigenvalue weighted by atomic mass is 16.4. The van der Waals surface area contributed by atoms with Gasteiger partial charge in [0.15, 0.2) is 0 Å². The van der Waals surface area contributed by atoms with Crippen molar-refractivity contribution in [2.45, 2.75) is 75.9 Å². The minimum absolute atomic E-state index is 0.000354. The number of rotatable bonds is 2. The third-order valence-electron chi connectivity index (χ3n) is 8.32. The van der Waals surface area contributed by atoms with E-state index in [4.69, 9.17) is 0 Å². The second-order valence-corrected chi connectivity index (χ2v) is 8.71. The third-order valence-corrected chi connectivity index (χ3v) is 8.32. The number of carboxylic acid groups (broad SMARTS) is 1. The zero-order valence-electron chi connectivity index (χ0n) is 14.6. The van der Waals surface area contributed by atoms with Gasteiger partial charge < -0.3 is 15.3 Å². The third kappa shape index (κ3) is 1.66. The molecule has 6 atom stereocenters. The van der Waals surface area contributed by atoms with E-state index < -0.39 is 39.8 Å². The van der Waals surface area contributed by atoms with Gasteiger partial charge in [0.1, 0.15) is 17.0 Å². The fourth-order valence-corrected chi connectivity index (χ4v) is 7.19.